The van der Waals surface area contributed by atoms with Crippen LogP contribution in [0.15, 0.2) is 0 Å². The fourth-order valence-electron chi connectivity index (χ4n) is 6.63. The van der Waals surface area contributed by atoms with E-state index in [0.717, 1.165) is 0 Å². The Balaban J connectivity index is 0.000000601. The van der Waals surface area contributed by atoms with Gasteiger partial charge in [-0.2, -0.15) is 6.82 Å². The summed E-state index contributed by atoms with van der Waals surface area (Å²) in [4.78, 5) is 0. The molecule has 17 heteroatoms. The van der Waals surface area contributed by atoms with Gasteiger partial charge in [-0.3, -0.25) is 0 Å². The maximum atomic E-state index is 14.6. The predicted octanol–water partition coefficient (Wildman–Crippen LogP) is 11.3. The molecule has 0 bridgehead atoms. The number of halogens is 15. The van der Waals surface area contributed by atoms with Crippen LogP contribution in [0.1, 0.15) is 69.2 Å². The van der Waals surface area contributed by atoms with Gasteiger partial charge in [0.15, 0.2) is 52.4 Å². The molecular formula is C40H36BF15Zr+2. The van der Waals surface area contributed by atoms with Gasteiger partial charge in [-0.1, -0.05) is 69.2 Å². The van der Waals surface area contributed by atoms with Crippen LogP contribution in [0.4, 0.5) is 65.9 Å². The van der Waals surface area contributed by atoms with Crippen molar-refractivity contribution >= 4 is 22.5 Å². The van der Waals surface area contributed by atoms with Crippen LogP contribution in [0.5, 0.6) is 0 Å². The number of hydrogen-bond acceptors (Lipinski definition) is 0. The molecule has 2 fully saturated rings. The van der Waals surface area contributed by atoms with Gasteiger partial charge in [-0.25, -0.2) is 65.9 Å². The van der Waals surface area contributed by atoms with Crippen molar-refractivity contribution in [2.75, 3.05) is 0 Å². The maximum absolute atomic E-state index is 14.6. The molecule has 0 spiro atoms. The van der Waals surface area contributed by atoms with Gasteiger partial charge < -0.3 is 7.43 Å². The molecule has 0 nitrogen and oxygen atoms in total. The first-order chi connectivity index (χ1) is 25.1. The van der Waals surface area contributed by atoms with E-state index in [9.17, 15) is 65.9 Å². The average Bonchev–Trinajstić information content (AvgIpc) is 3.42. The number of rotatable bonds is 3. The Morgan fingerprint density at radius 2 is 0.316 bits per heavy atom. The quantitative estimate of drug-likeness (QED) is 0.0808. The summed E-state index contributed by atoms with van der Waals surface area (Å²) >= 11 is 0. The minimum absolute atomic E-state index is 0. The van der Waals surface area contributed by atoms with Crippen molar-refractivity contribution in [3.8, 4) is 0 Å². The molecule has 2 saturated carbocycles. The second-order valence-corrected chi connectivity index (χ2v) is 13.5. The molecule has 3 aromatic carbocycles. The molecule has 0 heterocycles. The Morgan fingerprint density at radius 1 is 0.228 bits per heavy atom. The molecule has 0 N–H and O–H groups in total. The van der Waals surface area contributed by atoms with Crippen molar-refractivity contribution < 1.29 is 92.1 Å². The zero-order chi connectivity index (χ0) is 42.7. The topological polar surface area (TPSA) is 0 Å². The standard InChI is InChI=1S/C19H3BF15.2C10H15.CH3.Zr/c1-20(2-5(21)11(27)17(33)12(28)6(2)22,3-7(23)13(29)18(34)14(30)8(3)24)4-9(25)15(31)19(35)16(32)10(4)26;2*1-6-7(2)9(4)10(5)8(6)3;;/h1H3;2*1-5H3;1H3;/q-1;;;-1;+4. The van der Waals surface area contributed by atoms with Crippen molar-refractivity contribution in [3.63, 3.8) is 0 Å². The van der Waals surface area contributed by atoms with E-state index in [4.69, 9.17) is 0 Å². The van der Waals surface area contributed by atoms with Crippen LogP contribution in [0, 0.1) is 154 Å². The Morgan fingerprint density at radius 3 is 0.421 bits per heavy atom. The number of benzene rings is 3. The van der Waals surface area contributed by atoms with Crippen LogP contribution in [-0.4, -0.2) is 6.15 Å². The monoisotopic (exact) mass is 902 g/mol. The van der Waals surface area contributed by atoms with Crippen molar-refractivity contribution in [1.29, 1.82) is 0 Å². The molecule has 0 saturated heterocycles. The first kappa shape index (κ1) is 52.6. The Kier molecular flexibility index (Phi) is 17.8. The Bertz CT molecular complexity index is 1560. The van der Waals surface area contributed by atoms with Gasteiger partial charge in [0.05, 0.1) is 0 Å². The summed E-state index contributed by atoms with van der Waals surface area (Å²) in [5.41, 5.74) is -7.89. The van der Waals surface area contributed by atoms with Crippen LogP contribution < -0.4 is 16.4 Å². The fraction of sp³-hybridized carbons (Fsp3) is 0.275. The van der Waals surface area contributed by atoms with Gasteiger partial charge in [-0.15, -0.1) is 16.4 Å². The zero-order valence-corrected chi connectivity index (χ0v) is 35.2. The molecule has 2 aliphatic carbocycles. The molecule has 2 aliphatic rings. The zero-order valence-electron chi connectivity index (χ0n) is 32.7. The summed E-state index contributed by atoms with van der Waals surface area (Å²) in [5.74, 6) is -30.4. The SMILES string of the molecule is C[B-](c1c(F)c(F)c(F)c(F)c1F)(c1c(F)c(F)c(F)c(F)c1F)c1c(F)c(F)c(F)c(F)c1F.C[C]1[C](C)[C](C)[C](C)[C]1C.C[C]1[C](C)[C](C)[C](C)[C]1C.[CH3-].[Zr+4]. The van der Waals surface area contributed by atoms with Crippen LogP contribution >= 0.6 is 0 Å². The van der Waals surface area contributed by atoms with Crippen LogP contribution in [-0.2, 0) is 26.2 Å². The van der Waals surface area contributed by atoms with E-state index in [2.05, 4.69) is 69.2 Å². The molecule has 0 aromatic heterocycles. The van der Waals surface area contributed by atoms with E-state index in [0.29, 0.717) is 0 Å². The van der Waals surface area contributed by atoms with Crippen molar-refractivity contribution in [2.24, 2.45) is 0 Å². The van der Waals surface area contributed by atoms with Crippen LogP contribution in [0.25, 0.3) is 0 Å². The van der Waals surface area contributed by atoms with Gasteiger partial charge in [0.25, 0.3) is 0 Å². The second kappa shape index (κ2) is 19.3. The molecule has 0 amide bonds. The summed E-state index contributed by atoms with van der Waals surface area (Å²) in [7, 11) is 0. The fourth-order valence-corrected chi connectivity index (χ4v) is 6.63. The molecule has 0 atom stereocenters. The van der Waals surface area contributed by atoms with Gasteiger partial charge >= 0.3 is 26.2 Å². The largest absolute Gasteiger partial charge is 4.00 e. The second-order valence-electron chi connectivity index (χ2n) is 13.5. The molecule has 57 heavy (non-hydrogen) atoms. The average molecular weight is 904 g/mol. The summed E-state index contributed by atoms with van der Waals surface area (Å²) < 4.78 is 212. The molecule has 5 rings (SSSR count). The summed E-state index contributed by atoms with van der Waals surface area (Å²) in [5, 5.41) is 0. The molecule has 3 aromatic rings. The summed E-state index contributed by atoms with van der Waals surface area (Å²) in [6, 6.07) is 0. The van der Waals surface area contributed by atoms with Gasteiger partial charge in [0.2, 0.25) is 0 Å². The first-order valence-corrected chi connectivity index (χ1v) is 16.3. The summed E-state index contributed by atoms with van der Waals surface area (Å²) in [6.45, 7) is 21.8. The maximum Gasteiger partial charge on any atom is 4.00 e. The Hall–Kier alpha value is -2.44. The molecule has 0 unspecified atom stereocenters. The van der Waals surface area contributed by atoms with Crippen LogP contribution in [0.3, 0.4) is 0 Å². The molecule has 0 aliphatic heterocycles. The van der Waals surface area contributed by atoms with Crippen molar-refractivity contribution in [1.82, 2.24) is 0 Å². The van der Waals surface area contributed by atoms with E-state index in [1.165, 1.54) is 59.2 Å². The van der Waals surface area contributed by atoms with E-state index >= 15 is 0 Å². The first-order valence-electron chi connectivity index (χ1n) is 16.3. The molecular weight excluding hydrogens is 867 g/mol. The number of hydrogen-bond donors (Lipinski definition) is 0. The molecule has 306 valence electrons. The Labute approximate surface area is 343 Å². The van der Waals surface area contributed by atoms with Crippen molar-refractivity contribution in [3.05, 3.63) is 154 Å². The third-order valence-electron chi connectivity index (χ3n) is 11.1. The van der Waals surface area contributed by atoms with Gasteiger partial charge in [0, 0.05) is 0 Å². The normalized spacial score (nSPS) is 17.4. The third kappa shape index (κ3) is 8.75. The van der Waals surface area contributed by atoms with E-state index in [1.54, 1.807) is 0 Å². The summed E-state index contributed by atoms with van der Waals surface area (Å²) in [6.07, 6.45) is -5.41. The smallest absolute Gasteiger partial charge is 0.358 e. The van der Waals surface area contributed by atoms with Crippen LogP contribution in [0.2, 0.25) is 6.82 Å². The van der Waals surface area contributed by atoms with Gasteiger partial charge in [-0.05, 0) is 59.2 Å². The third-order valence-corrected chi connectivity index (χ3v) is 11.1. The minimum atomic E-state index is -5.41. The van der Waals surface area contributed by atoms with E-state index in [1.807, 2.05) is 0 Å². The molecule has 10 radical (unpaired) electrons. The predicted molar refractivity (Wildman–Crippen MR) is 185 cm³/mol. The van der Waals surface area contributed by atoms with E-state index < -0.39 is 110 Å². The van der Waals surface area contributed by atoms with Gasteiger partial charge in [0.1, 0.15) is 41.0 Å². The minimum Gasteiger partial charge on any atom is -0.358 e. The van der Waals surface area contributed by atoms with Crippen molar-refractivity contribution in [2.45, 2.75) is 76.1 Å². The van der Waals surface area contributed by atoms with E-state index in [-0.39, 0.29) is 40.5 Å².